The molecule has 0 fully saturated rings. The van der Waals surface area contributed by atoms with Gasteiger partial charge in [0.15, 0.2) is 0 Å². The largest absolute Gasteiger partial charge is 0.369 e. The topological polar surface area (TPSA) is 56.1 Å². The fourth-order valence-electron chi connectivity index (χ4n) is 4.16. The molecule has 2 aromatic carbocycles. The standard InChI is InChI=1S/C25H28ClN3O/c1-15-7-8-22(16(2)9-15)28-24(30)19(14-27)10-18-11-20-17(3)13-25(4,5)29(6)23(20)12-21(18)26/h7-12,17H,13H2,1-6H3,(H,28,30)/b19-10-/t17-/m1/s1. The van der Waals surface area contributed by atoms with Crippen molar-refractivity contribution in [1.29, 1.82) is 5.26 Å². The number of nitriles is 1. The second kappa shape index (κ2) is 8.16. The molecule has 0 unspecified atom stereocenters. The van der Waals surface area contributed by atoms with Crippen molar-refractivity contribution in [2.45, 2.75) is 52.5 Å². The quantitative estimate of drug-likeness (QED) is 0.472. The molecule has 0 saturated heterocycles. The summed E-state index contributed by atoms with van der Waals surface area (Å²) >= 11 is 6.56. The molecule has 2 aromatic rings. The van der Waals surface area contributed by atoms with Gasteiger partial charge < -0.3 is 10.2 Å². The fraction of sp³-hybridized carbons (Fsp3) is 0.360. The average Bonchev–Trinajstić information content (AvgIpc) is 2.66. The Balaban J connectivity index is 1.96. The number of nitrogens with zero attached hydrogens (tertiary/aromatic N) is 2. The monoisotopic (exact) mass is 421 g/mol. The van der Waals surface area contributed by atoms with Crippen LogP contribution in [0.3, 0.4) is 0 Å². The molecule has 0 radical (unpaired) electrons. The van der Waals surface area contributed by atoms with E-state index in [1.807, 2.05) is 50.2 Å². The predicted molar refractivity (Wildman–Crippen MR) is 125 cm³/mol. The summed E-state index contributed by atoms with van der Waals surface area (Å²) in [6.45, 7) is 10.6. The lowest BCUT2D eigenvalue weighted by molar-refractivity contribution is -0.112. The Kier molecular flexibility index (Phi) is 5.97. The summed E-state index contributed by atoms with van der Waals surface area (Å²) in [6, 6.07) is 11.7. The molecule has 1 heterocycles. The first-order chi connectivity index (χ1) is 14.0. The molecular formula is C25H28ClN3O. The lowest BCUT2D eigenvalue weighted by atomic mass is 9.80. The van der Waals surface area contributed by atoms with E-state index in [2.05, 4.69) is 38.0 Å². The molecule has 1 aliphatic rings. The van der Waals surface area contributed by atoms with Crippen LogP contribution in [-0.4, -0.2) is 18.5 Å². The Morgan fingerprint density at radius 1 is 1.30 bits per heavy atom. The summed E-state index contributed by atoms with van der Waals surface area (Å²) in [6.07, 6.45) is 2.59. The second-order valence-corrected chi connectivity index (χ2v) is 9.26. The average molecular weight is 422 g/mol. The van der Waals surface area contributed by atoms with Crippen molar-refractivity contribution in [3.63, 3.8) is 0 Å². The van der Waals surface area contributed by atoms with Crippen LogP contribution >= 0.6 is 11.6 Å². The summed E-state index contributed by atoms with van der Waals surface area (Å²) in [7, 11) is 2.08. The second-order valence-electron chi connectivity index (χ2n) is 8.85. The molecule has 0 bridgehead atoms. The van der Waals surface area contributed by atoms with E-state index in [0.29, 0.717) is 22.2 Å². The lowest BCUT2D eigenvalue weighted by Gasteiger charge is -2.45. The Hall–Kier alpha value is -2.77. The highest BCUT2D eigenvalue weighted by molar-refractivity contribution is 6.32. The Morgan fingerprint density at radius 2 is 2.00 bits per heavy atom. The van der Waals surface area contributed by atoms with Crippen molar-refractivity contribution < 1.29 is 4.79 Å². The maximum Gasteiger partial charge on any atom is 0.266 e. The van der Waals surface area contributed by atoms with E-state index in [0.717, 1.165) is 23.2 Å². The van der Waals surface area contributed by atoms with E-state index >= 15 is 0 Å². The van der Waals surface area contributed by atoms with Crippen molar-refractivity contribution in [2.24, 2.45) is 0 Å². The number of fused-ring (bicyclic) bond motifs is 1. The van der Waals surface area contributed by atoms with Gasteiger partial charge in [0, 0.05) is 29.0 Å². The number of aryl methyl sites for hydroxylation is 2. The molecule has 0 saturated carbocycles. The van der Waals surface area contributed by atoms with Gasteiger partial charge in [-0.3, -0.25) is 4.79 Å². The number of carbonyl (C=O) groups is 1. The maximum absolute atomic E-state index is 12.7. The number of halogens is 1. The molecule has 0 aromatic heterocycles. The SMILES string of the molecule is Cc1ccc(NC(=O)/C(C#N)=C\c2cc3c(cc2Cl)N(C)C(C)(C)C[C@H]3C)c(C)c1. The number of benzene rings is 2. The number of hydrogen-bond acceptors (Lipinski definition) is 3. The van der Waals surface area contributed by atoms with Gasteiger partial charge in [0.05, 0.1) is 0 Å². The third-order valence-electron chi connectivity index (χ3n) is 6.05. The number of amides is 1. The smallest absolute Gasteiger partial charge is 0.266 e. The number of nitrogens with one attached hydrogen (secondary N) is 1. The first kappa shape index (κ1) is 21.9. The van der Waals surface area contributed by atoms with Gasteiger partial charge in [-0.15, -0.1) is 0 Å². The summed E-state index contributed by atoms with van der Waals surface area (Å²) in [5.74, 6) is -0.0882. The van der Waals surface area contributed by atoms with E-state index in [1.165, 1.54) is 5.56 Å². The molecule has 1 atom stereocenters. The maximum atomic E-state index is 12.7. The Bertz CT molecular complexity index is 1080. The normalized spacial score (nSPS) is 17.9. The number of anilines is 2. The van der Waals surface area contributed by atoms with Gasteiger partial charge in [0.2, 0.25) is 0 Å². The molecule has 156 valence electrons. The molecule has 3 rings (SSSR count). The summed E-state index contributed by atoms with van der Waals surface area (Å²) < 4.78 is 0. The van der Waals surface area contributed by atoms with Gasteiger partial charge in [-0.2, -0.15) is 5.26 Å². The van der Waals surface area contributed by atoms with Crippen LogP contribution in [0.2, 0.25) is 5.02 Å². The van der Waals surface area contributed by atoms with Crippen molar-refractivity contribution >= 4 is 35.0 Å². The van der Waals surface area contributed by atoms with E-state index in [4.69, 9.17) is 11.6 Å². The van der Waals surface area contributed by atoms with Gasteiger partial charge in [-0.25, -0.2) is 0 Å². The van der Waals surface area contributed by atoms with E-state index in [-0.39, 0.29) is 11.1 Å². The Labute approximate surface area is 184 Å². The highest BCUT2D eigenvalue weighted by Crippen LogP contribution is 2.44. The van der Waals surface area contributed by atoms with Crippen LogP contribution < -0.4 is 10.2 Å². The first-order valence-electron chi connectivity index (χ1n) is 10.1. The van der Waals surface area contributed by atoms with E-state index < -0.39 is 5.91 Å². The first-order valence-corrected chi connectivity index (χ1v) is 10.5. The van der Waals surface area contributed by atoms with Gasteiger partial charge >= 0.3 is 0 Å². The third-order valence-corrected chi connectivity index (χ3v) is 6.37. The summed E-state index contributed by atoms with van der Waals surface area (Å²) in [5.41, 5.74) is 5.78. The highest BCUT2D eigenvalue weighted by atomic mass is 35.5. The molecule has 4 nitrogen and oxygen atoms in total. The van der Waals surface area contributed by atoms with Crippen molar-refractivity contribution in [3.8, 4) is 6.07 Å². The third kappa shape index (κ3) is 4.22. The van der Waals surface area contributed by atoms with Crippen molar-refractivity contribution in [3.05, 3.63) is 63.2 Å². The predicted octanol–water partition coefficient (Wildman–Crippen LogP) is 6.22. The minimum Gasteiger partial charge on any atom is -0.369 e. The molecule has 30 heavy (non-hydrogen) atoms. The van der Waals surface area contributed by atoms with Gasteiger partial charge in [-0.05, 0) is 81.0 Å². The molecule has 1 aliphatic heterocycles. The zero-order valence-electron chi connectivity index (χ0n) is 18.4. The molecule has 0 spiro atoms. The Morgan fingerprint density at radius 3 is 2.63 bits per heavy atom. The minimum atomic E-state index is -0.440. The van der Waals surface area contributed by atoms with Crippen LogP contribution in [-0.2, 0) is 4.79 Å². The van der Waals surface area contributed by atoms with Crippen LogP contribution in [0, 0.1) is 25.2 Å². The minimum absolute atomic E-state index is 0.0222. The highest BCUT2D eigenvalue weighted by Gasteiger charge is 2.34. The zero-order chi connectivity index (χ0) is 22.2. The number of hydrogen-bond donors (Lipinski definition) is 1. The van der Waals surface area contributed by atoms with Crippen molar-refractivity contribution in [2.75, 3.05) is 17.3 Å². The number of carbonyl (C=O) groups excluding carboxylic acids is 1. The zero-order valence-corrected chi connectivity index (χ0v) is 19.2. The summed E-state index contributed by atoms with van der Waals surface area (Å²) in [4.78, 5) is 15.0. The van der Waals surface area contributed by atoms with Crippen LogP contribution in [0.4, 0.5) is 11.4 Å². The molecule has 1 amide bonds. The molecule has 1 N–H and O–H groups in total. The van der Waals surface area contributed by atoms with Crippen LogP contribution in [0.1, 0.15) is 55.4 Å². The lowest BCUT2D eigenvalue weighted by Crippen LogP contribution is -2.45. The fourth-order valence-corrected chi connectivity index (χ4v) is 4.38. The van der Waals surface area contributed by atoms with Crippen molar-refractivity contribution in [1.82, 2.24) is 0 Å². The van der Waals surface area contributed by atoms with Gasteiger partial charge in [-0.1, -0.05) is 36.2 Å². The van der Waals surface area contributed by atoms with Crippen LogP contribution in [0.15, 0.2) is 35.9 Å². The van der Waals surface area contributed by atoms with Gasteiger partial charge in [0.25, 0.3) is 5.91 Å². The summed E-state index contributed by atoms with van der Waals surface area (Å²) in [5, 5.41) is 13.0. The van der Waals surface area contributed by atoms with E-state index in [9.17, 15) is 10.1 Å². The molecule has 5 heteroatoms. The molecule has 0 aliphatic carbocycles. The van der Waals surface area contributed by atoms with Crippen LogP contribution in [0.5, 0.6) is 0 Å². The number of rotatable bonds is 3. The van der Waals surface area contributed by atoms with E-state index in [1.54, 1.807) is 6.08 Å². The van der Waals surface area contributed by atoms with Gasteiger partial charge in [0.1, 0.15) is 11.6 Å². The van der Waals surface area contributed by atoms with Crippen LogP contribution in [0.25, 0.3) is 6.08 Å². The molecular weight excluding hydrogens is 394 g/mol.